The standard InChI is InChI=1S/C26H25ClF3N5O4/c1-15-31-12-17(13-32-15)23(36)35-25(7-8-39-14-25)24(37)33-11-16-3-4-18(9-21(16)27)34-22-6-5-19(38-2)10-20(22)26(28,29)30/h3-6,9-10,12-13,34H,7-8,11,14H2,1-2H3,(H,33,37)(H,35,36)/t25-/m0/s1. The van der Waals surface area contributed by atoms with Crippen molar-refractivity contribution in [1.29, 1.82) is 0 Å². The van der Waals surface area contributed by atoms with E-state index in [4.69, 9.17) is 21.1 Å². The zero-order valence-electron chi connectivity index (χ0n) is 21.0. The lowest BCUT2D eigenvalue weighted by molar-refractivity contribution is -0.137. The van der Waals surface area contributed by atoms with Gasteiger partial charge in [0.2, 0.25) is 5.91 Å². The third-order valence-corrected chi connectivity index (χ3v) is 6.51. The smallest absolute Gasteiger partial charge is 0.418 e. The van der Waals surface area contributed by atoms with E-state index in [9.17, 15) is 22.8 Å². The quantitative estimate of drug-likeness (QED) is 0.372. The molecule has 2 amide bonds. The molecule has 13 heteroatoms. The van der Waals surface area contributed by atoms with E-state index in [2.05, 4.69) is 25.9 Å². The van der Waals surface area contributed by atoms with Crippen LogP contribution in [0.4, 0.5) is 24.5 Å². The van der Waals surface area contributed by atoms with Crippen molar-refractivity contribution in [3.8, 4) is 5.75 Å². The van der Waals surface area contributed by atoms with Crippen LogP contribution >= 0.6 is 11.6 Å². The lowest BCUT2D eigenvalue weighted by Crippen LogP contribution is -2.59. The van der Waals surface area contributed by atoms with Crippen molar-refractivity contribution in [2.24, 2.45) is 0 Å². The molecule has 1 aliphatic rings. The van der Waals surface area contributed by atoms with Crippen LogP contribution in [0.5, 0.6) is 5.75 Å². The molecule has 9 nitrogen and oxygen atoms in total. The number of methoxy groups -OCH3 is 1. The van der Waals surface area contributed by atoms with Crippen molar-refractivity contribution in [2.45, 2.75) is 31.6 Å². The summed E-state index contributed by atoms with van der Waals surface area (Å²) >= 11 is 6.39. The van der Waals surface area contributed by atoms with Crippen LogP contribution in [-0.4, -0.2) is 47.6 Å². The Labute approximate surface area is 227 Å². The molecule has 2 aromatic carbocycles. The first-order valence-corrected chi connectivity index (χ1v) is 12.2. The molecule has 1 fully saturated rings. The van der Waals surface area contributed by atoms with Crippen molar-refractivity contribution >= 4 is 34.8 Å². The highest BCUT2D eigenvalue weighted by atomic mass is 35.5. The second-order valence-corrected chi connectivity index (χ2v) is 9.29. The lowest BCUT2D eigenvalue weighted by atomic mass is 9.96. The number of aryl methyl sites for hydroxylation is 1. The zero-order valence-corrected chi connectivity index (χ0v) is 21.7. The minimum atomic E-state index is -4.60. The summed E-state index contributed by atoms with van der Waals surface area (Å²) in [5.74, 6) is -0.398. The monoisotopic (exact) mass is 563 g/mol. The van der Waals surface area contributed by atoms with Crippen LogP contribution in [0.2, 0.25) is 5.02 Å². The number of hydrogen-bond donors (Lipinski definition) is 3. The van der Waals surface area contributed by atoms with E-state index in [1.54, 1.807) is 19.1 Å². The topological polar surface area (TPSA) is 114 Å². The van der Waals surface area contributed by atoms with E-state index < -0.39 is 29.1 Å². The van der Waals surface area contributed by atoms with Gasteiger partial charge >= 0.3 is 6.18 Å². The number of alkyl halides is 3. The number of carbonyl (C=O) groups is 2. The Hall–Kier alpha value is -3.90. The van der Waals surface area contributed by atoms with Crippen molar-refractivity contribution in [2.75, 3.05) is 25.6 Å². The number of amides is 2. The first-order chi connectivity index (χ1) is 18.5. The number of hydrogen-bond acceptors (Lipinski definition) is 7. The van der Waals surface area contributed by atoms with Gasteiger partial charge in [0, 0.05) is 42.7 Å². The van der Waals surface area contributed by atoms with Crippen LogP contribution in [0.15, 0.2) is 48.8 Å². The number of halogens is 4. The third kappa shape index (κ3) is 6.58. The highest BCUT2D eigenvalue weighted by Gasteiger charge is 2.44. The van der Waals surface area contributed by atoms with Crippen molar-refractivity contribution in [3.63, 3.8) is 0 Å². The summed E-state index contributed by atoms with van der Waals surface area (Å²) in [4.78, 5) is 33.9. The Morgan fingerprint density at radius 3 is 2.51 bits per heavy atom. The summed E-state index contributed by atoms with van der Waals surface area (Å²) in [5.41, 5.74) is -1.31. The molecule has 1 atom stereocenters. The molecule has 3 aromatic rings. The van der Waals surface area contributed by atoms with E-state index in [1.807, 2.05) is 0 Å². The molecule has 3 N–H and O–H groups in total. The molecule has 4 rings (SSSR count). The fourth-order valence-corrected chi connectivity index (χ4v) is 4.21. The second kappa shape index (κ2) is 11.5. The molecule has 1 aliphatic heterocycles. The summed E-state index contributed by atoms with van der Waals surface area (Å²) in [7, 11) is 1.29. The van der Waals surface area contributed by atoms with Crippen LogP contribution < -0.4 is 20.7 Å². The summed E-state index contributed by atoms with van der Waals surface area (Å²) in [6.07, 6.45) is -1.60. The largest absolute Gasteiger partial charge is 0.497 e. The van der Waals surface area contributed by atoms with Gasteiger partial charge in [0.25, 0.3) is 5.91 Å². The number of carbonyl (C=O) groups excluding carboxylic acids is 2. The van der Waals surface area contributed by atoms with Crippen LogP contribution in [0.3, 0.4) is 0 Å². The van der Waals surface area contributed by atoms with Gasteiger partial charge in [-0.15, -0.1) is 0 Å². The van der Waals surface area contributed by atoms with Gasteiger partial charge in [-0.2, -0.15) is 13.2 Å². The molecule has 0 bridgehead atoms. The average molecular weight is 564 g/mol. The van der Waals surface area contributed by atoms with Gasteiger partial charge in [0.05, 0.1) is 30.5 Å². The predicted octanol–water partition coefficient (Wildman–Crippen LogP) is 4.41. The van der Waals surface area contributed by atoms with Crippen LogP contribution in [0.1, 0.15) is 33.7 Å². The first kappa shape index (κ1) is 28.1. The van der Waals surface area contributed by atoms with E-state index in [0.29, 0.717) is 17.1 Å². The first-order valence-electron chi connectivity index (χ1n) is 11.8. The van der Waals surface area contributed by atoms with E-state index in [1.165, 1.54) is 37.7 Å². The molecular formula is C26H25ClF3N5O4. The number of nitrogens with one attached hydrogen (secondary N) is 3. The Morgan fingerprint density at radius 1 is 1.15 bits per heavy atom. The van der Waals surface area contributed by atoms with Crippen molar-refractivity contribution in [3.05, 3.63) is 76.3 Å². The Morgan fingerprint density at radius 2 is 1.90 bits per heavy atom. The zero-order chi connectivity index (χ0) is 28.2. The SMILES string of the molecule is COc1ccc(Nc2ccc(CNC(=O)[C@]3(NC(=O)c4cnc(C)nc4)CCOC3)c(Cl)c2)c(C(F)(F)F)c1. The summed E-state index contributed by atoms with van der Waals surface area (Å²) < 4.78 is 50.9. The van der Waals surface area contributed by atoms with Gasteiger partial charge < -0.3 is 25.4 Å². The second-order valence-electron chi connectivity index (χ2n) is 8.88. The van der Waals surface area contributed by atoms with Crippen LogP contribution in [0, 0.1) is 6.92 Å². The Kier molecular flexibility index (Phi) is 8.26. The minimum absolute atomic E-state index is 0.0134. The van der Waals surface area contributed by atoms with E-state index in [0.717, 1.165) is 6.07 Å². The van der Waals surface area contributed by atoms with Crippen molar-refractivity contribution < 1.29 is 32.2 Å². The average Bonchev–Trinajstić information content (AvgIpc) is 3.37. The van der Waals surface area contributed by atoms with Gasteiger partial charge in [-0.25, -0.2) is 9.97 Å². The summed E-state index contributed by atoms with van der Waals surface area (Å²) in [6.45, 7) is 1.97. The predicted molar refractivity (Wildman–Crippen MR) is 137 cm³/mol. The molecule has 0 saturated carbocycles. The molecule has 0 unspecified atom stereocenters. The maximum Gasteiger partial charge on any atom is 0.418 e. The summed E-state index contributed by atoms with van der Waals surface area (Å²) in [5, 5.41) is 8.46. The van der Waals surface area contributed by atoms with E-state index >= 15 is 0 Å². The summed E-state index contributed by atoms with van der Waals surface area (Å²) in [6, 6.07) is 8.18. The minimum Gasteiger partial charge on any atom is -0.497 e. The molecule has 206 valence electrons. The molecule has 1 aromatic heterocycles. The molecule has 39 heavy (non-hydrogen) atoms. The van der Waals surface area contributed by atoms with Crippen LogP contribution in [-0.2, 0) is 22.3 Å². The number of nitrogens with zero attached hydrogens (tertiary/aromatic N) is 2. The molecule has 0 aliphatic carbocycles. The highest BCUT2D eigenvalue weighted by Crippen LogP contribution is 2.38. The van der Waals surface area contributed by atoms with Gasteiger partial charge in [0.15, 0.2) is 0 Å². The fourth-order valence-electron chi connectivity index (χ4n) is 3.96. The number of ether oxygens (including phenoxy) is 2. The fraction of sp³-hybridized carbons (Fsp3) is 0.308. The normalized spacial score (nSPS) is 17.0. The molecule has 0 radical (unpaired) electrons. The van der Waals surface area contributed by atoms with Gasteiger partial charge in [0.1, 0.15) is 17.1 Å². The van der Waals surface area contributed by atoms with Crippen LogP contribution in [0.25, 0.3) is 0 Å². The van der Waals surface area contributed by atoms with Gasteiger partial charge in [-0.3, -0.25) is 9.59 Å². The Balaban J connectivity index is 1.44. The van der Waals surface area contributed by atoms with Gasteiger partial charge in [-0.1, -0.05) is 17.7 Å². The maximum atomic E-state index is 13.5. The highest BCUT2D eigenvalue weighted by molar-refractivity contribution is 6.31. The van der Waals surface area contributed by atoms with E-state index in [-0.39, 0.29) is 48.2 Å². The molecular weight excluding hydrogens is 539 g/mol. The third-order valence-electron chi connectivity index (χ3n) is 6.16. The number of anilines is 2. The molecule has 0 spiro atoms. The number of benzene rings is 2. The molecule has 1 saturated heterocycles. The number of rotatable bonds is 8. The lowest BCUT2D eigenvalue weighted by Gasteiger charge is -2.27. The van der Waals surface area contributed by atoms with Gasteiger partial charge in [-0.05, 0) is 42.8 Å². The Bertz CT molecular complexity index is 1360. The van der Waals surface area contributed by atoms with Crippen molar-refractivity contribution in [1.82, 2.24) is 20.6 Å². The maximum absolute atomic E-state index is 13.5. The molecule has 2 heterocycles. The number of aromatic nitrogens is 2.